The molecular weight excluding hydrogens is 168 g/mol. The number of pyridine rings is 1. The van der Waals surface area contributed by atoms with Crippen LogP contribution >= 0.6 is 0 Å². The summed E-state index contributed by atoms with van der Waals surface area (Å²) < 4.78 is 0. The predicted octanol–water partition coefficient (Wildman–Crippen LogP) is 0.848. The Morgan fingerprint density at radius 3 is 2.92 bits per heavy atom. The SMILES string of the molecule is N#C[C@@H](Cc1ccccn1)C(=O)O. The molecule has 1 N–H and O–H groups in total. The average Bonchev–Trinajstić information content (AvgIpc) is 2.15. The highest BCUT2D eigenvalue weighted by Gasteiger charge is 2.16. The fraction of sp³-hybridized carbons (Fsp3) is 0.222. The van der Waals surface area contributed by atoms with Crippen molar-refractivity contribution in [1.29, 1.82) is 5.26 Å². The zero-order valence-corrected chi connectivity index (χ0v) is 6.84. The van der Waals surface area contributed by atoms with Gasteiger partial charge in [-0.1, -0.05) is 6.07 Å². The maximum atomic E-state index is 10.5. The number of aliphatic carboxylic acids is 1. The van der Waals surface area contributed by atoms with Crippen molar-refractivity contribution < 1.29 is 9.90 Å². The van der Waals surface area contributed by atoms with Gasteiger partial charge in [0.1, 0.15) is 5.92 Å². The Hall–Kier alpha value is -1.89. The number of aromatic nitrogens is 1. The van der Waals surface area contributed by atoms with Gasteiger partial charge in [-0.25, -0.2) is 0 Å². The van der Waals surface area contributed by atoms with Crippen LogP contribution in [0.3, 0.4) is 0 Å². The fourth-order valence-electron chi connectivity index (χ4n) is 0.916. The lowest BCUT2D eigenvalue weighted by Crippen LogP contribution is -2.14. The first-order valence-corrected chi connectivity index (χ1v) is 3.76. The molecule has 0 aliphatic heterocycles. The van der Waals surface area contributed by atoms with Crippen molar-refractivity contribution in [3.05, 3.63) is 30.1 Å². The largest absolute Gasteiger partial charge is 0.480 e. The minimum Gasteiger partial charge on any atom is -0.480 e. The maximum absolute atomic E-state index is 10.5. The standard InChI is InChI=1S/C9H8N2O2/c10-6-7(9(12)13)5-8-3-1-2-4-11-8/h1-4,7H,5H2,(H,12,13)/t7-/m1/s1. The molecule has 4 heteroatoms. The first kappa shape index (κ1) is 9.20. The summed E-state index contributed by atoms with van der Waals surface area (Å²) in [6.45, 7) is 0. The van der Waals surface area contributed by atoms with Crippen LogP contribution in [0.4, 0.5) is 0 Å². The summed E-state index contributed by atoms with van der Waals surface area (Å²) in [5.74, 6) is -2.11. The highest BCUT2D eigenvalue weighted by molar-refractivity contribution is 5.73. The second-order valence-electron chi connectivity index (χ2n) is 2.55. The Kier molecular flexibility index (Phi) is 2.98. The van der Waals surface area contributed by atoms with Crippen molar-refractivity contribution in [2.75, 3.05) is 0 Å². The van der Waals surface area contributed by atoms with Gasteiger partial charge >= 0.3 is 5.97 Å². The number of carbonyl (C=O) groups is 1. The highest BCUT2D eigenvalue weighted by Crippen LogP contribution is 2.04. The molecule has 66 valence electrons. The smallest absolute Gasteiger partial charge is 0.321 e. The van der Waals surface area contributed by atoms with Crippen molar-refractivity contribution in [3.63, 3.8) is 0 Å². The second-order valence-corrected chi connectivity index (χ2v) is 2.55. The fourth-order valence-corrected chi connectivity index (χ4v) is 0.916. The van der Waals surface area contributed by atoms with Crippen molar-refractivity contribution in [3.8, 4) is 6.07 Å². The molecule has 0 fully saturated rings. The molecule has 4 nitrogen and oxygen atoms in total. The predicted molar refractivity (Wildman–Crippen MR) is 44.7 cm³/mol. The van der Waals surface area contributed by atoms with Crippen LogP contribution in [-0.2, 0) is 11.2 Å². The van der Waals surface area contributed by atoms with Crippen LogP contribution in [0.25, 0.3) is 0 Å². The highest BCUT2D eigenvalue weighted by atomic mass is 16.4. The summed E-state index contributed by atoms with van der Waals surface area (Å²) in [5.41, 5.74) is 0.622. The van der Waals surface area contributed by atoms with Gasteiger partial charge in [-0.15, -0.1) is 0 Å². The summed E-state index contributed by atoms with van der Waals surface area (Å²) >= 11 is 0. The summed E-state index contributed by atoms with van der Waals surface area (Å²) in [7, 11) is 0. The Balaban J connectivity index is 2.69. The lowest BCUT2D eigenvalue weighted by molar-refractivity contribution is -0.139. The number of rotatable bonds is 3. The number of nitrogens with zero attached hydrogens (tertiary/aromatic N) is 2. The number of carboxylic acids is 1. The summed E-state index contributed by atoms with van der Waals surface area (Å²) in [5, 5.41) is 17.1. The number of hydrogen-bond acceptors (Lipinski definition) is 3. The molecule has 0 spiro atoms. The molecule has 0 amide bonds. The molecule has 0 saturated carbocycles. The van der Waals surface area contributed by atoms with Crippen LogP contribution in [0.1, 0.15) is 5.69 Å². The van der Waals surface area contributed by atoms with Gasteiger partial charge in [0.2, 0.25) is 0 Å². The molecule has 1 heterocycles. The molecule has 0 radical (unpaired) electrons. The van der Waals surface area contributed by atoms with E-state index in [4.69, 9.17) is 10.4 Å². The van der Waals surface area contributed by atoms with Gasteiger partial charge in [0.15, 0.2) is 0 Å². The van der Waals surface area contributed by atoms with E-state index in [1.807, 2.05) is 0 Å². The Morgan fingerprint density at radius 1 is 1.69 bits per heavy atom. The summed E-state index contributed by atoms with van der Waals surface area (Å²) in [4.78, 5) is 14.4. The molecule has 1 rings (SSSR count). The van der Waals surface area contributed by atoms with Crippen LogP contribution in [0.15, 0.2) is 24.4 Å². The maximum Gasteiger partial charge on any atom is 0.321 e. The third-order valence-corrected chi connectivity index (χ3v) is 1.59. The van der Waals surface area contributed by atoms with E-state index in [0.29, 0.717) is 5.69 Å². The number of nitriles is 1. The van der Waals surface area contributed by atoms with Gasteiger partial charge in [0.25, 0.3) is 0 Å². The van der Waals surface area contributed by atoms with Gasteiger partial charge < -0.3 is 5.11 Å². The van der Waals surface area contributed by atoms with Gasteiger partial charge in [-0.2, -0.15) is 5.26 Å². The van der Waals surface area contributed by atoms with Crippen molar-refractivity contribution in [2.45, 2.75) is 6.42 Å². The molecule has 0 unspecified atom stereocenters. The van der Waals surface area contributed by atoms with Gasteiger partial charge in [-0.3, -0.25) is 9.78 Å². The second kappa shape index (κ2) is 4.21. The third kappa shape index (κ3) is 2.56. The third-order valence-electron chi connectivity index (χ3n) is 1.59. The van der Waals surface area contributed by atoms with Crippen molar-refractivity contribution in [1.82, 2.24) is 4.98 Å². The lowest BCUT2D eigenvalue weighted by atomic mass is 10.1. The normalized spacial score (nSPS) is 11.6. The van der Waals surface area contributed by atoms with Gasteiger partial charge in [0.05, 0.1) is 6.07 Å². The van der Waals surface area contributed by atoms with E-state index in [9.17, 15) is 4.79 Å². The topological polar surface area (TPSA) is 74.0 Å². The van der Waals surface area contributed by atoms with E-state index in [2.05, 4.69) is 4.98 Å². The van der Waals surface area contributed by atoms with E-state index < -0.39 is 11.9 Å². The molecule has 1 atom stereocenters. The molecule has 0 aliphatic carbocycles. The Bertz CT molecular complexity index is 329. The van der Waals surface area contributed by atoms with E-state index in [1.54, 1.807) is 30.5 Å². The van der Waals surface area contributed by atoms with E-state index in [0.717, 1.165) is 0 Å². The number of hydrogen-bond donors (Lipinski definition) is 1. The van der Waals surface area contributed by atoms with Crippen LogP contribution in [-0.4, -0.2) is 16.1 Å². The summed E-state index contributed by atoms with van der Waals surface area (Å²) in [6, 6.07) is 6.92. The first-order chi connectivity index (χ1) is 6.24. The minimum atomic E-state index is -1.10. The molecule has 0 aliphatic rings. The molecule has 0 saturated heterocycles. The monoisotopic (exact) mass is 176 g/mol. The molecule has 0 bridgehead atoms. The van der Waals surface area contributed by atoms with Crippen LogP contribution in [0.5, 0.6) is 0 Å². The zero-order chi connectivity index (χ0) is 9.68. The van der Waals surface area contributed by atoms with E-state index >= 15 is 0 Å². The van der Waals surface area contributed by atoms with Crippen LogP contribution in [0.2, 0.25) is 0 Å². The quantitative estimate of drug-likeness (QED) is 0.740. The number of carboxylic acid groups (broad SMARTS) is 1. The Morgan fingerprint density at radius 2 is 2.46 bits per heavy atom. The molecule has 13 heavy (non-hydrogen) atoms. The average molecular weight is 176 g/mol. The lowest BCUT2D eigenvalue weighted by Gasteiger charge is -2.01. The van der Waals surface area contributed by atoms with E-state index in [-0.39, 0.29) is 6.42 Å². The van der Waals surface area contributed by atoms with E-state index in [1.165, 1.54) is 0 Å². The first-order valence-electron chi connectivity index (χ1n) is 3.76. The van der Waals surface area contributed by atoms with Crippen molar-refractivity contribution >= 4 is 5.97 Å². The van der Waals surface area contributed by atoms with Gasteiger partial charge in [0, 0.05) is 18.3 Å². The molecule has 1 aromatic heterocycles. The Labute approximate surface area is 75.5 Å². The molecular formula is C9H8N2O2. The van der Waals surface area contributed by atoms with Crippen LogP contribution < -0.4 is 0 Å². The van der Waals surface area contributed by atoms with Crippen LogP contribution in [0, 0.1) is 17.2 Å². The minimum absolute atomic E-state index is 0.159. The molecule has 0 aromatic carbocycles. The summed E-state index contributed by atoms with van der Waals surface area (Å²) in [6.07, 6.45) is 1.73. The molecule has 1 aromatic rings. The van der Waals surface area contributed by atoms with Crippen molar-refractivity contribution in [2.24, 2.45) is 5.92 Å². The zero-order valence-electron chi connectivity index (χ0n) is 6.84. The van der Waals surface area contributed by atoms with Gasteiger partial charge in [-0.05, 0) is 12.1 Å².